The highest BCUT2D eigenvalue weighted by Crippen LogP contribution is 2.25. The van der Waals surface area contributed by atoms with Crippen LogP contribution in [0.1, 0.15) is 26.2 Å². The van der Waals surface area contributed by atoms with Crippen molar-refractivity contribution in [3.05, 3.63) is 24.3 Å². The van der Waals surface area contributed by atoms with Gasteiger partial charge in [-0.1, -0.05) is 30.8 Å². The van der Waals surface area contributed by atoms with Crippen molar-refractivity contribution in [2.24, 2.45) is 5.73 Å². The summed E-state index contributed by atoms with van der Waals surface area (Å²) in [6.45, 7) is 2.28. The largest absolute Gasteiger partial charge is 0.431 e. The van der Waals surface area contributed by atoms with Gasteiger partial charge in [-0.15, -0.1) is 0 Å². The molecule has 4 nitrogen and oxygen atoms in total. The molecule has 0 saturated carbocycles. The molecule has 1 aromatic heterocycles. The zero-order chi connectivity index (χ0) is 13.7. The predicted molar refractivity (Wildman–Crippen MR) is 78.3 cm³/mol. The first-order valence-electron chi connectivity index (χ1n) is 6.58. The molecule has 0 bridgehead atoms. The van der Waals surface area contributed by atoms with Crippen LogP contribution in [0.4, 0.5) is 0 Å². The Morgan fingerprint density at radius 2 is 2.21 bits per heavy atom. The maximum atomic E-state index is 10.1. The van der Waals surface area contributed by atoms with E-state index >= 15 is 0 Å². The standard InChI is InChI=1S/C14H20N2O2S/c1-2-14(17,10-15)8-5-9-19-13-16-11-6-3-4-7-12(11)18-13/h3-4,6-7,17H,2,5,8-10,15H2,1H3. The van der Waals surface area contributed by atoms with Crippen LogP contribution in [0.25, 0.3) is 11.1 Å². The smallest absolute Gasteiger partial charge is 0.256 e. The van der Waals surface area contributed by atoms with Crippen molar-refractivity contribution < 1.29 is 9.52 Å². The van der Waals surface area contributed by atoms with Crippen LogP contribution in [0.5, 0.6) is 0 Å². The third-order valence-corrected chi connectivity index (χ3v) is 4.24. The Labute approximate surface area is 117 Å². The first kappa shape index (κ1) is 14.4. The summed E-state index contributed by atoms with van der Waals surface area (Å²) in [4.78, 5) is 4.40. The topological polar surface area (TPSA) is 72.3 Å². The molecule has 2 aromatic rings. The second-order valence-electron chi connectivity index (χ2n) is 4.68. The molecule has 104 valence electrons. The van der Waals surface area contributed by atoms with E-state index in [1.54, 1.807) is 11.8 Å². The van der Waals surface area contributed by atoms with Gasteiger partial charge < -0.3 is 15.3 Å². The van der Waals surface area contributed by atoms with Crippen molar-refractivity contribution in [1.29, 1.82) is 0 Å². The van der Waals surface area contributed by atoms with E-state index in [0.29, 0.717) is 24.6 Å². The average Bonchev–Trinajstić information content (AvgIpc) is 2.86. The van der Waals surface area contributed by atoms with E-state index in [9.17, 15) is 5.11 Å². The highest BCUT2D eigenvalue weighted by Gasteiger charge is 2.21. The van der Waals surface area contributed by atoms with Crippen LogP contribution < -0.4 is 5.73 Å². The molecule has 2 rings (SSSR count). The first-order chi connectivity index (χ1) is 9.17. The number of oxazole rings is 1. The third kappa shape index (κ3) is 3.72. The molecule has 1 unspecified atom stereocenters. The SMILES string of the molecule is CCC(O)(CN)CCCSc1nc2ccccc2o1. The van der Waals surface area contributed by atoms with Gasteiger partial charge in [0.25, 0.3) is 5.22 Å². The number of thioether (sulfide) groups is 1. The quantitative estimate of drug-likeness (QED) is 0.602. The van der Waals surface area contributed by atoms with Crippen molar-refractivity contribution in [1.82, 2.24) is 4.98 Å². The van der Waals surface area contributed by atoms with Gasteiger partial charge in [0.05, 0.1) is 5.60 Å². The fourth-order valence-corrected chi connectivity index (χ4v) is 2.67. The van der Waals surface area contributed by atoms with Crippen LogP contribution in [0.2, 0.25) is 0 Å². The van der Waals surface area contributed by atoms with Gasteiger partial charge in [0.2, 0.25) is 0 Å². The molecule has 0 aliphatic rings. The number of aliphatic hydroxyl groups is 1. The zero-order valence-electron chi connectivity index (χ0n) is 11.1. The van der Waals surface area contributed by atoms with Crippen LogP contribution in [-0.2, 0) is 0 Å². The maximum Gasteiger partial charge on any atom is 0.256 e. The minimum atomic E-state index is -0.720. The Kier molecular flexibility index (Phi) is 4.85. The van der Waals surface area contributed by atoms with Crippen LogP contribution in [0.3, 0.4) is 0 Å². The van der Waals surface area contributed by atoms with E-state index in [0.717, 1.165) is 23.3 Å². The fraction of sp³-hybridized carbons (Fsp3) is 0.500. The van der Waals surface area contributed by atoms with Gasteiger partial charge in [0.15, 0.2) is 5.58 Å². The van der Waals surface area contributed by atoms with Crippen molar-refractivity contribution in [2.75, 3.05) is 12.3 Å². The summed E-state index contributed by atoms with van der Waals surface area (Å²) in [6, 6.07) is 7.73. The number of hydrogen-bond acceptors (Lipinski definition) is 5. The molecule has 0 radical (unpaired) electrons. The van der Waals surface area contributed by atoms with Gasteiger partial charge >= 0.3 is 0 Å². The highest BCUT2D eigenvalue weighted by molar-refractivity contribution is 7.99. The van der Waals surface area contributed by atoms with Gasteiger partial charge in [-0.25, -0.2) is 4.98 Å². The lowest BCUT2D eigenvalue weighted by atomic mass is 9.95. The number of benzene rings is 1. The fourth-order valence-electron chi connectivity index (χ4n) is 1.90. The Bertz CT molecular complexity index is 490. The molecule has 3 N–H and O–H groups in total. The third-order valence-electron chi connectivity index (χ3n) is 3.32. The summed E-state index contributed by atoms with van der Waals surface area (Å²) < 4.78 is 5.62. The Balaban J connectivity index is 1.83. The minimum Gasteiger partial charge on any atom is -0.431 e. The summed E-state index contributed by atoms with van der Waals surface area (Å²) in [7, 11) is 0. The summed E-state index contributed by atoms with van der Waals surface area (Å²) in [5.41, 5.74) is 6.56. The molecule has 0 spiro atoms. The Morgan fingerprint density at radius 3 is 2.89 bits per heavy atom. The first-order valence-corrected chi connectivity index (χ1v) is 7.56. The van der Waals surface area contributed by atoms with Crippen molar-refractivity contribution in [3.8, 4) is 0 Å². The summed E-state index contributed by atoms with van der Waals surface area (Å²) in [5.74, 6) is 0.870. The molecule has 0 aliphatic heterocycles. The molecule has 5 heteroatoms. The van der Waals surface area contributed by atoms with Crippen molar-refractivity contribution >= 4 is 22.9 Å². The molecular weight excluding hydrogens is 260 g/mol. The molecule has 1 heterocycles. The number of nitrogens with zero attached hydrogens (tertiary/aromatic N) is 1. The molecular formula is C14H20N2O2S. The highest BCUT2D eigenvalue weighted by atomic mass is 32.2. The van der Waals surface area contributed by atoms with Crippen molar-refractivity contribution in [3.63, 3.8) is 0 Å². The second-order valence-corrected chi connectivity index (χ2v) is 5.73. The lowest BCUT2D eigenvalue weighted by Crippen LogP contribution is -2.36. The van der Waals surface area contributed by atoms with E-state index in [1.165, 1.54) is 0 Å². The van der Waals surface area contributed by atoms with Gasteiger partial charge in [0, 0.05) is 12.3 Å². The second kappa shape index (κ2) is 6.41. The van der Waals surface area contributed by atoms with E-state index in [-0.39, 0.29) is 0 Å². The van der Waals surface area contributed by atoms with Gasteiger partial charge in [-0.3, -0.25) is 0 Å². The van der Waals surface area contributed by atoms with Crippen LogP contribution in [-0.4, -0.2) is 28.0 Å². The normalized spacial score (nSPS) is 14.7. The number of hydrogen-bond donors (Lipinski definition) is 2. The molecule has 1 atom stereocenters. The molecule has 1 aromatic carbocycles. The van der Waals surface area contributed by atoms with E-state index in [2.05, 4.69) is 4.98 Å². The number of nitrogens with two attached hydrogens (primary N) is 1. The van der Waals surface area contributed by atoms with Gasteiger partial charge in [-0.2, -0.15) is 0 Å². The Morgan fingerprint density at radius 1 is 1.42 bits per heavy atom. The number of fused-ring (bicyclic) bond motifs is 1. The van der Waals surface area contributed by atoms with Crippen LogP contribution >= 0.6 is 11.8 Å². The van der Waals surface area contributed by atoms with E-state index in [1.807, 2.05) is 31.2 Å². The minimum absolute atomic E-state index is 0.317. The zero-order valence-corrected chi connectivity index (χ0v) is 11.9. The summed E-state index contributed by atoms with van der Waals surface area (Å²) >= 11 is 1.58. The van der Waals surface area contributed by atoms with Gasteiger partial charge in [0.1, 0.15) is 5.52 Å². The molecule has 19 heavy (non-hydrogen) atoms. The monoisotopic (exact) mass is 280 g/mol. The average molecular weight is 280 g/mol. The molecule has 0 amide bonds. The van der Waals surface area contributed by atoms with Crippen LogP contribution in [0.15, 0.2) is 33.9 Å². The molecule has 0 saturated heterocycles. The number of rotatable bonds is 7. The predicted octanol–water partition coefficient (Wildman–Crippen LogP) is 2.80. The van der Waals surface area contributed by atoms with Crippen molar-refractivity contribution in [2.45, 2.75) is 37.0 Å². The Hall–Kier alpha value is -1.04. The molecule has 0 aliphatic carbocycles. The van der Waals surface area contributed by atoms with E-state index < -0.39 is 5.60 Å². The lowest BCUT2D eigenvalue weighted by Gasteiger charge is -2.24. The number of para-hydroxylation sites is 2. The van der Waals surface area contributed by atoms with E-state index in [4.69, 9.17) is 10.2 Å². The summed E-state index contributed by atoms with van der Waals surface area (Å²) in [5, 5.41) is 10.8. The number of aromatic nitrogens is 1. The summed E-state index contributed by atoms with van der Waals surface area (Å²) in [6.07, 6.45) is 2.30. The lowest BCUT2D eigenvalue weighted by molar-refractivity contribution is 0.0360. The molecule has 0 fully saturated rings. The maximum absolute atomic E-state index is 10.1. The van der Waals surface area contributed by atoms with Gasteiger partial charge in [-0.05, 0) is 31.4 Å². The van der Waals surface area contributed by atoms with Crippen LogP contribution in [0, 0.1) is 0 Å².